The normalized spacial score (nSPS) is 15.0. The molecule has 0 bridgehead atoms. The predicted octanol–water partition coefficient (Wildman–Crippen LogP) is 3.77. The summed E-state index contributed by atoms with van der Waals surface area (Å²) in [6.07, 6.45) is 4.64. The summed E-state index contributed by atoms with van der Waals surface area (Å²) in [6.45, 7) is 1.74. The Morgan fingerprint density at radius 3 is 2.85 bits per heavy atom. The molecule has 1 aliphatic rings. The zero-order chi connectivity index (χ0) is 22.9. The number of furan rings is 1. The van der Waals surface area contributed by atoms with Crippen molar-refractivity contribution in [2.24, 2.45) is 0 Å². The molecule has 0 spiro atoms. The number of nitro groups is 1. The van der Waals surface area contributed by atoms with Crippen LogP contribution in [0, 0.1) is 10.1 Å². The third kappa shape index (κ3) is 3.71. The Kier molecular flexibility index (Phi) is 4.90. The predicted molar refractivity (Wildman–Crippen MR) is 118 cm³/mol. The van der Waals surface area contributed by atoms with E-state index in [0.29, 0.717) is 40.1 Å². The number of nitrogens with zero attached hydrogens (tertiary/aromatic N) is 5. The van der Waals surface area contributed by atoms with Gasteiger partial charge in [0.05, 0.1) is 28.6 Å². The molecule has 11 heteroatoms. The van der Waals surface area contributed by atoms with Gasteiger partial charge in [-0.05, 0) is 36.8 Å². The second-order valence-corrected chi connectivity index (χ2v) is 7.30. The molecule has 3 aromatic heterocycles. The Balaban J connectivity index is 1.63. The number of anilines is 2. The van der Waals surface area contributed by atoms with Crippen LogP contribution in [0.2, 0.25) is 0 Å². The lowest BCUT2D eigenvalue weighted by atomic mass is 9.94. The van der Waals surface area contributed by atoms with Gasteiger partial charge in [0.15, 0.2) is 5.76 Å². The van der Waals surface area contributed by atoms with Crippen LogP contribution in [-0.4, -0.2) is 30.6 Å². The van der Waals surface area contributed by atoms with Gasteiger partial charge in [0.2, 0.25) is 11.8 Å². The van der Waals surface area contributed by atoms with Crippen molar-refractivity contribution in [1.29, 1.82) is 0 Å². The Morgan fingerprint density at radius 2 is 2.12 bits per heavy atom. The topological polar surface area (TPSA) is 141 Å². The fraction of sp³-hybridized carbons (Fsp3) is 0.0909. The first-order chi connectivity index (χ1) is 16.0. The maximum atomic E-state index is 13.4. The molecule has 33 heavy (non-hydrogen) atoms. The van der Waals surface area contributed by atoms with E-state index in [1.165, 1.54) is 29.3 Å². The van der Waals surface area contributed by atoms with E-state index in [1.54, 1.807) is 49.5 Å². The number of hydrogen-bond donors (Lipinski definition) is 2. The minimum atomic E-state index is -0.769. The first-order valence-corrected chi connectivity index (χ1v) is 9.95. The number of benzene rings is 1. The largest absolute Gasteiger partial charge is 0.461 e. The number of nitrogens with one attached hydrogen (secondary N) is 2. The molecule has 0 saturated carbocycles. The Labute approximate surface area is 186 Å². The summed E-state index contributed by atoms with van der Waals surface area (Å²) < 4.78 is 6.94. The molecule has 0 fully saturated rings. The standard InChI is InChI=1S/C22H17N7O4/c1-13-18(21(30)25-15-6-3-9-23-12-15)19(14-5-2-7-16(11-14)29(31)32)28-22(24-13)26-20(27-28)17-8-4-10-33-17/h2-12,19H,1H3,(H,25,30)(H,24,26,27). The molecule has 4 heterocycles. The fourth-order valence-corrected chi connectivity index (χ4v) is 3.71. The maximum Gasteiger partial charge on any atom is 0.269 e. The summed E-state index contributed by atoms with van der Waals surface area (Å²) in [4.78, 5) is 32.8. The average Bonchev–Trinajstić information content (AvgIpc) is 3.48. The molecule has 164 valence electrons. The van der Waals surface area contributed by atoms with Gasteiger partial charge in [0.25, 0.3) is 11.6 Å². The summed E-state index contributed by atoms with van der Waals surface area (Å²) in [7, 11) is 0. The molecule has 1 aliphatic heterocycles. The molecular weight excluding hydrogens is 426 g/mol. The van der Waals surface area contributed by atoms with Gasteiger partial charge in [-0.3, -0.25) is 19.9 Å². The minimum absolute atomic E-state index is 0.0939. The maximum absolute atomic E-state index is 13.4. The van der Waals surface area contributed by atoms with Crippen LogP contribution in [0.3, 0.4) is 0 Å². The molecule has 5 rings (SSSR count). The van der Waals surface area contributed by atoms with E-state index < -0.39 is 16.9 Å². The SMILES string of the molecule is CC1=C(C(=O)Nc2cccnc2)C(c2cccc([N+](=O)[O-])c2)n2nc(-c3ccco3)nc2N1. The Morgan fingerprint density at radius 1 is 1.24 bits per heavy atom. The average molecular weight is 443 g/mol. The van der Waals surface area contributed by atoms with Crippen LogP contribution >= 0.6 is 0 Å². The van der Waals surface area contributed by atoms with Gasteiger partial charge >= 0.3 is 0 Å². The van der Waals surface area contributed by atoms with E-state index in [4.69, 9.17) is 4.42 Å². The van der Waals surface area contributed by atoms with Crippen LogP contribution in [0.4, 0.5) is 17.3 Å². The molecule has 11 nitrogen and oxygen atoms in total. The minimum Gasteiger partial charge on any atom is -0.461 e. The van der Waals surface area contributed by atoms with Crippen LogP contribution in [0.25, 0.3) is 11.6 Å². The van der Waals surface area contributed by atoms with E-state index >= 15 is 0 Å². The van der Waals surface area contributed by atoms with Crippen LogP contribution in [0.5, 0.6) is 0 Å². The highest BCUT2D eigenvalue weighted by atomic mass is 16.6. The molecule has 0 radical (unpaired) electrons. The number of carbonyl (C=O) groups is 1. The Hall–Kier alpha value is -4.80. The molecule has 1 amide bonds. The number of hydrogen-bond acceptors (Lipinski definition) is 8. The lowest BCUT2D eigenvalue weighted by Crippen LogP contribution is -2.31. The van der Waals surface area contributed by atoms with Crippen molar-refractivity contribution in [2.45, 2.75) is 13.0 Å². The molecular formula is C22H17N7O4. The molecule has 1 unspecified atom stereocenters. The van der Waals surface area contributed by atoms with Crippen LogP contribution in [0.15, 0.2) is 82.9 Å². The van der Waals surface area contributed by atoms with Gasteiger partial charge in [-0.15, -0.1) is 5.10 Å². The van der Waals surface area contributed by atoms with Gasteiger partial charge in [-0.25, -0.2) is 4.68 Å². The first kappa shape index (κ1) is 20.1. The molecule has 0 saturated heterocycles. The van der Waals surface area contributed by atoms with Crippen molar-refractivity contribution in [3.63, 3.8) is 0 Å². The third-order valence-electron chi connectivity index (χ3n) is 5.15. The van der Waals surface area contributed by atoms with Gasteiger partial charge in [-0.2, -0.15) is 4.98 Å². The summed E-state index contributed by atoms with van der Waals surface area (Å²) in [6, 6.07) is 12.2. The molecule has 1 atom stereocenters. The molecule has 4 aromatic rings. The van der Waals surface area contributed by atoms with Crippen molar-refractivity contribution in [3.05, 3.63) is 94.1 Å². The zero-order valence-corrected chi connectivity index (χ0v) is 17.3. The number of rotatable bonds is 5. The van der Waals surface area contributed by atoms with Crippen molar-refractivity contribution in [1.82, 2.24) is 19.7 Å². The van der Waals surface area contributed by atoms with Crippen LogP contribution < -0.4 is 10.6 Å². The molecule has 0 aliphatic carbocycles. The number of amides is 1. The smallest absolute Gasteiger partial charge is 0.269 e. The summed E-state index contributed by atoms with van der Waals surface area (Å²) in [5, 5.41) is 21.9. The second-order valence-electron chi connectivity index (χ2n) is 7.30. The second kappa shape index (κ2) is 8.04. The highest BCUT2D eigenvalue weighted by Crippen LogP contribution is 2.37. The zero-order valence-electron chi connectivity index (χ0n) is 17.3. The number of fused-ring (bicyclic) bond motifs is 1. The summed E-state index contributed by atoms with van der Waals surface area (Å²) in [5.74, 6) is 0.758. The lowest BCUT2D eigenvalue weighted by molar-refractivity contribution is -0.384. The van der Waals surface area contributed by atoms with E-state index in [2.05, 4.69) is 25.7 Å². The molecule has 1 aromatic carbocycles. The number of aromatic nitrogens is 4. The monoisotopic (exact) mass is 443 g/mol. The van der Waals surface area contributed by atoms with Crippen molar-refractivity contribution in [2.75, 3.05) is 10.6 Å². The number of nitro benzene ring substituents is 1. The number of pyridine rings is 1. The van der Waals surface area contributed by atoms with E-state index in [-0.39, 0.29) is 5.69 Å². The van der Waals surface area contributed by atoms with Gasteiger partial charge in [0, 0.05) is 24.0 Å². The third-order valence-corrected chi connectivity index (χ3v) is 5.15. The van der Waals surface area contributed by atoms with Gasteiger partial charge in [0.1, 0.15) is 6.04 Å². The first-order valence-electron chi connectivity index (χ1n) is 9.95. The van der Waals surface area contributed by atoms with Crippen molar-refractivity contribution < 1.29 is 14.1 Å². The fourth-order valence-electron chi connectivity index (χ4n) is 3.71. The van der Waals surface area contributed by atoms with E-state index in [1.807, 2.05) is 0 Å². The van der Waals surface area contributed by atoms with Crippen molar-refractivity contribution in [3.8, 4) is 11.6 Å². The highest BCUT2D eigenvalue weighted by molar-refractivity contribution is 6.06. The van der Waals surface area contributed by atoms with E-state index in [0.717, 1.165) is 0 Å². The number of allylic oxidation sites excluding steroid dienone is 1. The number of carbonyl (C=O) groups excluding carboxylic acids is 1. The van der Waals surface area contributed by atoms with E-state index in [9.17, 15) is 14.9 Å². The summed E-state index contributed by atoms with van der Waals surface area (Å²) in [5.41, 5.74) is 1.81. The van der Waals surface area contributed by atoms with Gasteiger partial charge in [-0.1, -0.05) is 12.1 Å². The van der Waals surface area contributed by atoms with Crippen LogP contribution in [0.1, 0.15) is 18.5 Å². The van der Waals surface area contributed by atoms with Gasteiger partial charge < -0.3 is 15.1 Å². The summed E-state index contributed by atoms with van der Waals surface area (Å²) >= 11 is 0. The molecule has 2 N–H and O–H groups in total. The quantitative estimate of drug-likeness (QED) is 0.351. The number of non-ortho nitro benzene ring substituents is 1. The van der Waals surface area contributed by atoms with Crippen molar-refractivity contribution >= 4 is 23.2 Å². The Bertz CT molecular complexity index is 1380. The lowest BCUT2D eigenvalue weighted by Gasteiger charge is -2.28. The van der Waals surface area contributed by atoms with Crippen LogP contribution in [-0.2, 0) is 4.79 Å². The highest BCUT2D eigenvalue weighted by Gasteiger charge is 2.35.